The number of ether oxygens (including phenoxy) is 2. The first-order chi connectivity index (χ1) is 17.3. The summed E-state index contributed by atoms with van der Waals surface area (Å²) in [6.07, 6.45) is -0.516. The van der Waals surface area contributed by atoms with Crippen LogP contribution in [0.15, 0.2) is 36.4 Å². The van der Waals surface area contributed by atoms with Gasteiger partial charge in [0, 0.05) is 12.3 Å². The first-order valence-electron chi connectivity index (χ1n) is 12.4. The minimum Gasteiger partial charge on any atom is -0.498 e. The molecule has 9 heteroatoms. The average molecular weight is 552 g/mol. The van der Waals surface area contributed by atoms with Crippen molar-refractivity contribution >= 4 is 35.3 Å². The van der Waals surface area contributed by atoms with E-state index in [4.69, 9.17) is 32.7 Å². The summed E-state index contributed by atoms with van der Waals surface area (Å²) in [5, 5.41) is 23.6. The van der Waals surface area contributed by atoms with Crippen LogP contribution in [0.5, 0.6) is 11.5 Å². The number of carbonyl (C=O) groups is 2. The van der Waals surface area contributed by atoms with E-state index in [9.17, 15) is 19.8 Å². The maximum atomic E-state index is 12.7. The number of aryl methyl sites for hydroxylation is 1. The van der Waals surface area contributed by atoms with Gasteiger partial charge in [-0.2, -0.15) is 0 Å². The minimum absolute atomic E-state index is 0.0327. The molecule has 0 aliphatic carbocycles. The third-order valence-electron chi connectivity index (χ3n) is 7.73. The molecular formula is C28H35Cl2NO6. The van der Waals surface area contributed by atoms with E-state index >= 15 is 0 Å². The molecule has 0 spiro atoms. The third kappa shape index (κ3) is 5.69. The Morgan fingerprint density at radius 1 is 1.11 bits per heavy atom. The van der Waals surface area contributed by atoms with Gasteiger partial charge in [-0.3, -0.25) is 9.28 Å². The number of hydrogen-bond acceptors (Lipinski definition) is 5. The third-order valence-corrected chi connectivity index (χ3v) is 8.29. The van der Waals surface area contributed by atoms with Gasteiger partial charge >= 0.3 is 5.97 Å². The molecule has 1 fully saturated rings. The SMILES string of the molecule is CCC1(C(=O)O)C[N+](C(=O)[O-])(C(C)(C)C)CCC1c1ccc(OCCOc2c(Cl)cc(C)cc2Cl)cc1. The molecule has 1 heterocycles. The lowest BCUT2D eigenvalue weighted by Crippen LogP contribution is -2.74. The topological polar surface area (TPSA) is 95.9 Å². The largest absolute Gasteiger partial charge is 0.498 e. The van der Waals surface area contributed by atoms with Gasteiger partial charge in [0.1, 0.15) is 30.9 Å². The van der Waals surface area contributed by atoms with Gasteiger partial charge in [-0.15, -0.1) is 0 Å². The summed E-state index contributed by atoms with van der Waals surface area (Å²) >= 11 is 12.4. The maximum Gasteiger partial charge on any atom is 0.316 e. The summed E-state index contributed by atoms with van der Waals surface area (Å²) in [6, 6.07) is 10.9. The Kier molecular flexibility index (Phi) is 8.72. The molecule has 1 aliphatic heterocycles. The van der Waals surface area contributed by atoms with Crippen molar-refractivity contribution in [3.63, 3.8) is 0 Å². The van der Waals surface area contributed by atoms with E-state index in [-0.39, 0.29) is 30.2 Å². The number of rotatable bonds is 8. The van der Waals surface area contributed by atoms with Crippen LogP contribution in [0.1, 0.15) is 57.6 Å². The highest BCUT2D eigenvalue weighted by molar-refractivity contribution is 6.37. The molecule has 1 aliphatic rings. The van der Waals surface area contributed by atoms with Gasteiger partial charge < -0.3 is 24.5 Å². The highest BCUT2D eigenvalue weighted by atomic mass is 35.5. The lowest BCUT2D eigenvalue weighted by molar-refractivity contribution is -0.929. The van der Waals surface area contributed by atoms with Crippen LogP contribution in [0, 0.1) is 12.3 Å². The van der Waals surface area contributed by atoms with Crippen LogP contribution in [-0.2, 0) is 4.79 Å². The molecule has 37 heavy (non-hydrogen) atoms. The van der Waals surface area contributed by atoms with Crippen molar-refractivity contribution in [3.05, 3.63) is 57.6 Å². The Morgan fingerprint density at radius 3 is 2.16 bits per heavy atom. The molecule has 0 radical (unpaired) electrons. The number of nitrogens with zero attached hydrogens (tertiary/aromatic N) is 1. The summed E-state index contributed by atoms with van der Waals surface area (Å²) in [4.78, 5) is 25.0. The van der Waals surface area contributed by atoms with E-state index in [0.29, 0.717) is 40.9 Å². The smallest absolute Gasteiger partial charge is 0.316 e. The number of amides is 1. The minimum atomic E-state index is -1.24. The Morgan fingerprint density at radius 2 is 1.68 bits per heavy atom. The number of aliphatic carboxylic acids is 1. The van der Waals surface area contributed by atoms with Crippen LogP contribution in [0.25, 0.3) is 0 Å². The van der Waals surface area contributed by atoms with Crippen molar-refractivity contribution in [3.8, 4) is 11.5 Å². The molecular weight excluding hydrogens is 517 g/mol. The summed E-state index contributed by atoms with van der Waals surface area (Å²) in [7, 11) is 0. The van der Waals surface area contributed by atoms with Gasteiger partial charge in [0.25, 0.3) is 6.09 Å². The highest BCUT2D eigenvalue weighted by Crippen LogP contribution is 2.50. The Hall–Kier alpha value is -2.48. The molecule has 3 unspecified atom stereocenters. The predicted octanol–water partition coefficient (Wildman–Crippen LogP) is 5.69. The number of carboxylic acids is 1. The van der Waals surface area contributed by atoms with E-state index in [1.807, 2.05) is 46.8 Å². The van der Waals surface area contributed by atoms with Crippen LogP contribution < -0.4 is 14.6 Å². The number of halogens is 2. The molecule has 1 saturated heterocycles. The number of quaternary nitrogens is 1. The molecule has 3 atom stereocenters. The second-order valence-corrected chi connectivity index (χ2v) is 11.6. The maximum absolute atomic E-state index is 12.7. The molecule has 0 aromatic heterocycles. The average Bonchev–Trinajstić information content (AvgIpc) is 2.82. The molecule has 2 aromatic rings. The van der Waals surface area contributed by atoms with Crippen LogP contribution in [0.4, 0.5) is 4.79 Å². The van der Waals surface area contributed by atoms with Gasteiger partial charge in [-0.25, -0.2) is 0 Å². The number of carbonyl (C=O) groups excluding carboxylic acids is 1. The number of likely N-dealkylation sites (tertiary alicyclic amines) is 1. The fourth-order valence-corrected chi connectivity index (χ4v) is 6.14. The monoisotopic (exact) mass is 551 g/mol. The van der Waals surface area contributed by atoms with Gasteiger partial charge in [-0.05, 0) is 69.5 Å². The first-order valence-corrected chi connectivity index (χ1v) is 13.2. The van der Waals surface area contributed by atoms with Crippen molar-refractivity contribution in [2.45, 2.75) is 58.9 Å². The molecule has 0 saturated carbocycles. The Balaban J connectivity index is 1.73. The number of hydrogen-bond donors (Lipinski definition) is 1. The molecule has 2 aromatic carbocycles. The van der Waals surface area contributed by atoms with Crippen molar-refractivity contribution in [1.82, 2.24) is 0 Å². The molecule has 7 nitrogen and oxygen atoms in total. The number of piperidine rings is 1. The molecule has 3 rings (SSSR count). The zero-order valence-electron chi connectivity index (χ0n) is 22.0. The molecule has 1 N–H and O–H groups in total. The molecule has 0 bridgehead atoms. The Bertz CT molecular complexity index is 1120. The van der Waals surface area contributed by atoms with Crippen molar-refractivity contribution in [1.29, 1.82) is 0 Å². The normalized spacial score (nSPS) is 23.9. The zero-order chi connectivity index (χ0) is 27.6. The predicted molar refractivity (Wildman–Crippen MR) is 141 cm³/mol. The van der Waals surface area contributed by atoms with E-state index in [0.717, 1.165) is 11.1 Å². The fraction of sp³-hybridized carbons (Fsp3) is 0.500. The molecule has 202 valence electrons. The molecule has 1 amide bonds. The van der Waals surface area contributed by atoms with E-state index < -0.39 is 23.0 Å². The van der Waals surface area contributed by atoms with Gasteiger partial charge in [0.05, 0.1) is 22.1 Å². The van der Waals surface area contributed by atoms with Crippen molar-refractivity contribution < 1.29 is 33.8 Å². The summed E-state index contributed by atoms with van der Waals surface area (Å²) in [5.74, 6) is -0.308. The second-order valence-electron chi connectivity index (χ2n) is 10.8. The standard InChI is InChI=1S/C28H35Cl2NO6/c1-6-28(25(32)33)17-31(26(34)35,27(3,4)5)12-11-21(28)19-7-9-20(10-8-19)36-13-14-37-24-22(29)15-18(2)16-23(24)30/h7-10,15-16,21H,6,11-14,17H2,1-5H3,(H-,32,33,34,35). The van der Waals surface area contributed by atoms with Gasteiger partial charge in [0.15, 0.2) is 5.75 Å². The van der Waals surface area contributed by atoms with Gasteiger partial charge in [-0.1, -0.05) is 42.3 Å². The summed E-state index contributed by atoms with van der Waals surface area (Å²) in [6.45, 7) is 9.93. The quantitative estimate of drug-likeness (QED) is 0.334. The summed E-state index contributed by atoms with van der Waals surface area (Å²) in [5.41, 5.74) is -0.161. The lowest BCUT2D eigenvalue weighted by atomic mass is 9.64. The zero-order valence-corrected chi connectivity index (χ0v) is 23.5. The second kappa shape index (κ2) is 11.1. The van der Waals surface area contributed by atoms with Crippen LogP contribution >= 0.6 is 23.2 Å². The van der Waals surface area contributed by atoms with Gasteiger partial charge in [0.2, 0.25) is 0 Å². The van der Waals surface area contributed by atoms with Crippen LogP contribution in [0.3, 0.4) is 0 Å². The fourth-order valence-electron chi connectivity index (χ4n) is 5.43. The van der Waals surface area contributed by atoms with Crippen molar-refractivity contribution in [2.75, 3.05) is 26.3 Å². The Labute approximate surface area is 228 Å². The number of carboxylic acid groups (broad SMARTS) is 2. The van der Waals surface area contributed by atoms with E-state index in [1.165, 1.54) is 0 Å². The number of benzene rings is 2. The van der Waals surface area contributed by atoms with E-state index in [1.54, 1.807) is 24.3 Å². The first kappa shape index (κ1) is 29.1. The lowest BCUT2D eigenvalue weighted by Gasteiger charge is -2.56. The van der Waals surface area contributed by atoms with E-state index in [2.05, 4.69) is 0 Å². The van der Waals surface area contributed by atoms with Crippen molar-refractivity contribution in [2.24, 2.45) is 5.41 Å². The van der Waals surface area contributed by atoms with Crippen LogP contribution in [0.2, 0.25) is 10.0 Å². The summed E-state index contributed by atoms with van der Waals surface area (Å²) < 4.78 is 11.1. The highest BCUT2D eigenvalue weighted by Gasteiger charge is 2.59. The van der Waals surface area contributed by atoms with Crippen LogP contribution in [-0.4, -0.2) is 53.5 Å².